The first-order valence-electron chi connectivity index (χ1n) is 6.21. The molecule has 0 bridgehead atoms. The third-order valence-electron chi connectivity index (χ3n) is 2.79. The quantitative estimate of drug-likeness (QED) is 0.544. The molecule has 0 aliphatic heterocycles. The van der Waals surface area contributed by atoms with Gasteiger partial charge in [-0.1, -0.05) is 71.1 Å². The summed E-state index contributed by atoms with van der Waals surface area (Å²) in [6.07, 6.45) is 2.29. The van der Waals surface area contributed by atoms with E-state index in [1.165, 1.54) is 22.0 Å². The van der Waals surface area contributed by atoms with E-state index in [-0.39, 0.29) is 0 Å². The number of alkyl halides is 1. The Balaban J connectivity index is 2.00. The van der Waals surface area contributed by atoms with Gasteiger partial charge in [-0.15, -0.1) is 0 Å². The fourth-order valence-electron chi connectivity index (χ4n) is 1.84. The molecule has 18 heavy (non-hydrogen) atoms. The van der Waals surface area contributed by atoms with Gasteiger partial charge in [0.1, 0.15) is 12.4 Å². The fraction of sp³-hybridized carbons (Fsp3) is 0.250. The van der Waals surface area contributed by atoms with E-state index >= 15 is 0 Å². The lowest BCUT2D eigenvalue weighted by atomic mass is 10.1. The Labute approximate surface area is 122 Å². The third-order valence-corrected chi connectivity index (χ3v) is 3.55. The van der Waals surface area contributed by atoms with Crippen molar-refractivity contribution in [1.29, 1.82) is 0 Å². The molecular formula is C16H17IO. The van der Waals surface area contributed by atoms with Gasteiger partial charge in [0.2, 0.25) is 0 Å². The summed E-state index contributed by atoms with van der Waals surface area (Å²) in [6.45, 7) is 0.641. The molecule has 0 radical (unpaired) electrons. The van der Waals surface area contributed by atoms with Crippen LogP contribution in [0.15, 0.2) is 54.6 Å². The molecule has 0 unspecified atom stereocenters. The number of rotatable bonds is 6. The molecule has 2 aromatic rings. The second-order valence-corrected chi connectivity index (χ2v) is 5.25. The van der Waals surface area contributed by atoms with Gasteiger partial charge in [0.25, 0.3) is 0 Å². The number of benzene rings is 2. The number of halogens is 1. The Morgan fingerprint density at radius 3 is 2.39 bits per heavy atom. The summed E-state index contributed by atoms with van der Waals surface area (Å²) in [5, 5.41) is 0. The lowest BCUT2D eigenvalue weighted by Gasteiger charge is -2.11. The van der Waals surface area contributed by atoms with Crippen molar-refractivity contribution in [1.82, 2.24) is 0 Å². The van der Waals surface area contributed by atoms with Crippen LogP contribution in [0.1, 0.15) is 17.5 Å². The average Bonchev–Trinajstić information content (AvgIpc) is 2.45. The van der Waals surface area contributed by atoms with Crippen molar-refractivity contribution in [3.05, 3.63) is 65.7 Å². The predicted octanol–water partition coefficient (Wildman–Crippen LogP) is 4.63. The van der Waals surface area contributed by atoms with E-state index in [4.69, 9.17) is 4.74 Å². The Kier molecular flexibility index (Phi) is 5.52. The molecule has 0 aliphatic rings. The smallest absolute Gasteiger partial charge is 0.122 e. The topological polar surface area (TPSA) is 9.23 Å². The van der Waals surface area contributed by atoms with Gasteiger partial charge >= 0.3 is 0 Å². The summed E-state index contributed by atoms with van der Waals surface area (Å²) >= 11 is 2.42. The highest BCUT2D eigenvalue weighted by atomic mass is 127. The molecule has 2 heteroatoms. The molecule has 0 saturated carbocycles. The monoisotopic (exact) mass is 352 g/mol. The van der Waals surface area contributed by atoms with Gasteiger partial charge in [0.15, 0.2) is 0 Å². The van der Waals surface area contributed by atoms with E-state index in [2.05, 4.69) is 52.9 Å². The molecule has 0 N–H and O–H groups in total. The minimum Gasteiger partial charge on any atom is -0.489 e. The summed E-state index contributed by atoms with van der Waals surface area (Å²) in [4.78, 5) is 0. The van der Waals surface area contributed by atoms with Crippen molar-refractivity contribution < 1.29 is 4.74 Å². The van der Waals surface area contributed by atoms with E-state index in [1.54, 1.807) is 0 Å². The van der Waals surface area contributed by atoms with Crippen LogP contribution in [0.4, 0.5) is 0 Å². The van der Waals surface area contributed by atoms with Crippen molar-refractivity contribution in [3.8, 4) is 5.75 Å². The van der Waals surface area contributed by atoms with Crippen LogP contribution >= 0.6 is 22.6 Å². The molecule has 2 aromatic carbocycles. The van der Waals surface area contributed by atoms with Crippen molar-refractivity contribution in [3.63, 3.8) is 0 Å². The molecule has 0 amide bonds. The SMILES string of the molecule is ICCCc1ccccc1OCc1ccccc1. The molecule has 2 rings (SSSR count). The Bertz CT molecular complexity index is 468. The van der Waals surface area contributed by atoms with E-state index in [9.17, 15) is 0 Å². The van der Waals surface area contributed by atoms with E-state index < -0.39 is 0 Å². The highest BCUT2D eigenvalue weighted by molar-refractivity contribution is 14.1. The lowest BCUT2D eigenvalue weighted by molar-refractivity contribution is 0.303. The molecular weight excluding hydrogens is 335 g/mol. The van der Waals surface area contributed by atoms with Gasteiger partial charge in [-0.3, -0.25) is 0 Å². The van der Waals surface area contributed by atoms with Crippen LogP contribution in [-0.2, 0) is 13.0 Å². The van der Waals surface area contributed by atoms with Gasteiger partial charge in [0.05, 0.1) is 0 Å². The van der Waals surface area contributed by atoms with E-state index in [1.807, 2.05) is 24.3 Å². The number of aryl methyl sites for hydroxylation is 1. The molecule has 0 atom stereocenters. The third kappa shape index (κ3) is 4.02. The summed E-state index contributed by atoms with van der Waals surface area (Å²) in [5.41, 5.74) is 2.52. The fourth-order valence-corrected chi connectivity index (χ4v) is 2.23. The largest absolute Gasteiger partial charge is 0.489 e. The van der Waals surface area contributed by atoms with Gasteiger partial charge in [-0.2, -0.15) is 0 Å². The molecule has 0 heterocycles. The molecule has 0 saturated heterocycles. The minimum atomic E-state index is 0.641. The molecule has 0 spiro atoms. The molecule has 1 nitrogen and oxygen atoms in total. The van der Waals surface area contributed by atoms with Crippen molar-refractivity contribution >= 4 is 22.6 Å². The molecule has 0 aliphatic carbocycles. The van der Waals surface area contributed by atoms with Crippen LogP contribution in [0, 0.1) is 0 Å². The van der Waals surface area contributed by atoms with E-state index in [0.717, 1.165) is 12.2 Å². The molecule has 0 aromatic heterocycles. The standard InChI is InChI=1S/C16H17IO/c17-12-6-10-15-9-4-5-11-16(15)18-13-14-7-2-1-3-8-14/h1-5,7-9,11H,6,10,12-13H2. The van der Waals surface area contributed by atoms with Crippen LogP contribution in [0.2, 0.25) is 0 Å². The van der Waals surface area contributed by atoms with Crippen LogP contribution < -0.4 is 4.74 Å². The first-order chi connectivity index (χ1) is 8.90. The summed E-state index contributed by atoms with van der Waals surface area (Å²) in [7, 11) is 0. The summed E-state index contributed by atoms with van der Waals surface area (Å²) in [6, 6.07) is 18.6. The van der Waals surface area contributed by atoms with Crippen LogP contribution in [0.5, 0.6) is 5.75 Å². The van der Waals surface area contributed by atoms with Crippen LogP contribution in [0.3, 0.4) is 0 Å². The zero-order valence-corrected chi connectivity index (χ0v) is 12.5. The first kappa shape index (κ1) is 13.4. The van der Waals surface area contributed by atoms with Crippen molar-refractivity contribution in [2.45, 2.75) is 19.4 Å². The number of hydrogen-bond donors (Lipinski definition) is 0. The first-order valence-corrected chi connectivity index (χ1v) is 7.73. The number of hydrogen-bond acceptors (Lipinski definition) is 1. The second-order valence-electron chi connectivity index (χ2n) is 4.17. The maximum atomic E-state index is 5.92. The lowest BCUT2D eigenvalue weighted by Crippen LogP contribution is -1.98. The molecule has 94 valence electrons. The minimum absolute atomic E-state index is 0.641. The Morgan fingerprint density at radius 2 is 1.61 bits per heavy atom. The highest BCUT2D eigenvalue weighted by Crippen LogP contribution is 2.21. The number of ether oxygens (including phenoxy) is 1. The molecule has 0 fully saturated rings. The average molecular weight is 352 g/mol. The van der Waals surface area contributed by atoms with E-state index in [0.29, 0.717) is 6.61 Å². The Morgan fingerprint density at radius 1 is 0.889 bits per heavy atom. The van der Waals surface area contributed by atoms with Crippen molar-refractivity contribution in [2.24, 2.45) is 0 Å². The predicted molar refractivity (Wildman–Crippen MR) is 84.4 cm³/mol. The van der Waals surface area contributed by atoms with Gasteiger partial charge in [-0.05, 0) is 34.5 Å². The van der Waals surface area contributed by atoms with Gasteiger partial charge in [-0.25, -0.2) is 0 Å². The summed E-state index contributed by atoms with van der Waals surface area (Å²) in [5.74, 6) is 1.02. The Hall–Kier alpha value is -1.03. The maximum Gasteiger partial charge on any atom is 0.122 e. The van der Waals surface area contributed by atoms with Crippen LogP contribution in [-0.4, -0.2) is 4.43 Å². The number of para-hydroxylation sites is 1. The zero-order valence-electron chi connectivity index (χ0n) is 10.3. The highest BCUT2D eigenvalue weighted by Gasteiger charge is 2.02. The van der Waals surface area contributed by atoms with Gasteiger partial charge in [0, 0.05) is 0 Å². The maximum absolute atomic E-state index is 5.92. The second kappa shape index (κ2) is 7.41. The normalized spacial score (nSPS) is 10.3. The van der Waals surface area contributed by atoms with Crippen molar-refractivity contribution in [2.75, 3.05) is 4.43 Å². The zero-order chi connectivity index (χ0) is 12.6. The summed E-state index contributed by atoms with van der Waals surface area (Å²) < 4.78 is 7.10. The van der Waals surface area contributed by atoms with Gasteiger partial charge < -0.3 is 4.74 Å². The van der Waals surface area contributed by atoms with Crippen LogP contribution in [0.25, 0.3) is 0 Å².